The Bertz CT molecular complexity index is 589. The van der Waals surface area contributed by atoms with E-state index in [2.05, 4.69) is 11.4 Å². The van der Waals surface area contributed by atoms with Gasteiger partial charge >= 0.3 is 6.03 Å². The lowest BCUT2D eigenvalue weighted by atomic mass is 10.1. The molecule has 6 heteroatoms. The van der Waals surface area contributed by atoms with Gasteiger partial charge in [-0.15, -0.1) is 0 Å². The summed E-state index contributed by atoms with van der Waals surface area (Å²) in [6.45, 7) is 2.44. The van der Waals surface area contributed by atoms with Crippen LogP contribution in [0.15, 0.2) is 24.3 Å². The lowest BCUT2D eigenvalue weighted by molar-refractivity contribution is -0.143. The molecule has 0 bridgehead atoms. The van der Waals surface area contributed by atoms with Gasteiger partial charge in [-0.25, -0.2) is 4.79 Å². The fraction of sp³-hybridized carbons (Fsp3) is 0.562. The van der Waals surface area contributed by atoms with Crippen LogP contribution in [0.4, 0.5) is 4.79 Å². The van der Waals surface area contributed by atoms with Crippen LogP contribution in [0.2, 0.25) is 5.02 Å². The summed E-state index contributed by atoms with van der Waals surface area (Å²) < 4.78 is 11.3. The van der Waals surface area contributed by atoms with Crippen LogP contribution in [0.25, 0.3) is 0 Å². The summed E-state index contributed by atoms with van der Waals surface area (Å²) in [4.78, 5) is 14.1. The van der Waals surface area contributed by atoms with E-state index in [4.69, 9.17) is 21.1 Å². The van der Waals surface area contributed by atoms with Crippen molar-refractivity contribution in [2.75, 3.05) is 26.3 Å². The molecular formula is C16H19ClN2O3. The molecule has 2 saturated heterocycles. The molecule has 1 aliphatic carbocycles. The third-order valence-corrected chi connectivity index (χ3v) is 4.91. The van der Waals surface area contributed by atoms with Gasteiger partial charge in [0.2, 0.25) is 0 Å². The van der Waals surface area contributed by atoms with E-state index in [-0.39, 0.29) is 12.1 Å². The van der Waals surface area contributed by atoms with E-state index in [0.29, 0.717) is 32.2 Å². The number of nitrogens with one attached hydrogen (secondary N) is 1. The van der Waals surface area contributed by atoms with Crippen LogP contribution in [-0.4, -0.2) is 49.1 Å². The van der Waals surface area contributed by atoms with Crippen molar-refractivity contribution in [1.82, 2.24) is 10.2 Å². The first-order chi connectivity index (χ1) is 10.7. The molecule has 0 radical (unpaired) electrons. The van der Waals surface area contributed by atoms with Gasteiger partial charge in [-0.1, -0.05) is 23.7 Å². The summed E-state index contributed by atoms with van der Waals surface area (Å²) in [6, 6.07) is 8.04. The summed E-state index contributed by atoms with van der Waals surface area (Å²) >= 11 is 6.02. The van der Waals surface area contributed by atoms with Crippen molar-refractivity contribution < 1.29 is 14.3 Å². The first-order valence-electron chi connectivity index (χ1n) is 7.74. The van der Waals surface area contributed by atoms with Crippen LogP contribution in [0.1, 0.15) is 24.3 Å². The minimum Gasteiger partial charge on any atom is -0.346 e. The molecule has 3 aliphatic rings. The number of halogens is 1. The quantitative estimate of drug-likeness (QED) is 0.909. The number of ether oxygens (including phenoxy) is 2. The summed E-state index contributed by atoms with van der Waals surface area (Å²) in [5.74, 6) is -0.175. The van der Waals surface area contributed by atoms with Gasteiger partial charge in [0, 0.05) is 29.9 Å². The maximum Gasteiger partial charge on any atom is 0.317 e. The first-order valence-corrected chi connectivity index (χ1v) is 8.12. The van der Waals surface area contributed by atoms with Crippen LogP contribution < -0.4 is 5.32 Å². The zero-order valence-electron chi connectivity index (χ0n) is 12.3. The molecule has 0 unspecified atom stereocenters. The van der Waals surface area contributed by atoms with Gasteiger partial charge in [0.05, 0.1) is 19.8 Å². The smallest absolute Gasteiger partial charge is 0.317 e. The fourth-order valence-corrected chi connectivity index (χ4v) is 3.57. The van der Waals surface area contributed by atoms with Crippen LogP contribution >= 0.6 is 11.6 Å². The van der Waals surface area contributed by atoms with Gasteiger partial charge in [0.15, 0.2) is 5.79 Å². The fourth-order valence-electron chi connectivity index (χ4n) is 3.37. The first kappa shape index (κ1) is 14.3. The predicted octanol–water partition coefficient (Wildman–Crippen LogP) is 2.35. The number of hydrogen-bond acceptors (Lipinski definition) is 3. The van der Waals surface area contributed by atoms with E-state index in [1.165, 1.54) is 5.56 Å². The van der Waals surface area contributed by atoms with Crippen LogP contribution in [-0.2, 0) is 9.47 Å². The Balaban J connectivity index is 1.32. The highest BCUT2D eigenvalue weighted by Gasteiger charge is 2.46. The third-order valence-electron chi connectivity index (χ3n) is 4.67. The molecule has 1 spiro atoms. The number of nitrogens with zero attached hydrogens (tertiary/aromatic N) is 1. The maximum atomic E-state index is 12.4. The third kappa shape index (κ3) is 2.69. The summed E-state index contributed by atoms with van der Waals surface area (Å²) in [7, 11) is 0. The average molecular weight is 323 g/mol. The second-order valence-electron chi connectivity index (χ2n) is 6.23. The molecule has 1 aromatic rings. The average Bonchev–Trinajstić information content (AvgIpc) is 2.95. The van der Waals surface area contributed by atoms with Gasteiger partial charge in [-0.05, 0) is 24.1 Å². The van der Waals surface area contributed by atoms with Crippen molar-refractivity contribution in [2.24, 2.45) is 0 Å². The van der Waals surface area contributed by atoms with Crippen molar-refractivity contribution in [3.05, 3.63) is 34.9 Å². The number of likely N-dealkylation sites (tertiary alicyclic amines) is 1. The zero-order chi connectivity index (χ0) is 15.2. The number of hydrogen-bond donors (Lipinski definition) is 1. The molecule has 2 amide bonds. The highest BCUT2D eigenvalue weighted by molar-refractivity contribution is 6.30. The van der Waals surface area contributed by atoms with Crippen LogP contribution in [0.5, 0.6) is 0 Å². The zero-order valence-corrected chi connectivity index (χ0v) is 13.0. The number of carbonyl (C=O) groups is 1. The van der Waals surface area contributed by atoms with E-state index in [0.717, 1.165) is 17.9 Å². The molecule has 1 saturated carbocycles. The predicted molar refractivity (Wildman–Crippen MR) is 82.0 cm³/mol. The molecule has 2 atom stereocenters. The van der Waals surface area contributed by atoms with Gasteiger partial charge in [-0.2, -0.15) is 0 Å². The molecule has 5 nitrogen and oxygen atoms in total. The highest BCUT2D eigenvalue weighted by atomic mass is 35.5. The van der Waals surface area contributed by atoms with Crippen molar-refractivity contribution in [3.8, 4) is 0 Å². The Hall–Kier alpha value is -1.30. The molecule has 4 rings (SSSR count). The van der Waals surface area contributed by atoms with Gasteiger partial charge in [-0.3, -0.25) is 0 Å². The number of benzene rings is 1. The minimum absolute atomic E-state index is 0.0227. The molecule has 0 aromatic heterocycles. The normalized spacial score (nSPS) is 29.0. The number of urea groups is 1. The largest absolute Gasteiger partial charge is 0.346 e. The van der Waals surface area contributed by atoms with E-state index in [1.54, 1.807) is 4.90 Å². The van der Waals surface area contributed by atoms with E-state index >= 15 is 0 Å². The Morgan fingerprint density at radius 1 is 1.36 bits per heavy atom. The molecule has 1 N–H and O–H groups in total. The Kier molecular flexibility index (Phi) is 3.51. The summed E-state index contributed by atoms with van der Waals surface area (Å²) in [6.07, 6.45) is 1.72. The molecule has 22 heavy (non-hydrogen) atoms. The lowest BCUT2D eigenvalue weighted by Crippen LogP contribution is -2.43. The minimum atomic E-state index is -0.548. The van der Waals surface area contributed by atoms with E-state index < -0.39 is 5.79 Å². The molecule has 3 fully saturated rings. The van der Waals surface area contributed by atoms with Gasteiger partial charge in [0.1, 0.15) is 0 Å². The Labute approximate surface area is 134 Å². The van der Waals surface area contributed by atoms with Crippen LogP contribution in [0.3, 0.4) is 0 Å². The summed E-state index contributed by atoms with van der Waals surface area (Å²) in [5.41, 5.74) is 1.19. The molecular weight excluding hydrogens is 304 g/mol. The van der Waals surface area contributed by atoms with Crippen molar-refractivity contribution in [3.63, 3.8) is 0 Å². The number of rotatable bonds is 2. The number of amides is 2. The maximum absolute atomic E-state index is 12.4. The second-order valence-corrected chi connectivity index (χ2v) is 6.67. The Morgan fingerprint density at radius 3 is 2.95 bits per heavy atom. The molecule has 2 heterocycles. The molecule has 2 aliphatic heterocycles. The number of carbonyl (C=O) groups excluding carboxylic acids is 1. The molecule has 1 aromatic carbocycles. The van der Waals surface area contributed by atoms with Crippen LogP contribution in [0, 0.1) is 0 Å². The Morgan fingerprint density at radius 2 is 2.18 bits per heavy atom. The van der Waals surface area contributed by atoms with E-state index in [9.17, 15) is 4.79 Å². The van der Waals surface area contributed by atoms with Crippen molar-refractivity contribution >= 4 is 17.6 Å². The highest BCUT2D eigenvalue weighted by Crippen LogP contribution is 2.41. The second kappa shape index (κ2) is 5.41. The monoisotopic (exact) mass is 322 g/mol. The van der Waals surface area contributed by atoms with Gasteiger partial charge in [0.25, 0.3) is 0 Å². The van der Waals surface area contributed by atoms with Crippen molar-refractivity contribution in [2.45, 2.75) is 30.6 Å². The topological polar surface area (TPSA) is 50.8 Å². The van der Waals surface area contributed by atoms with Gasteiger partial charge < -0.3 is 19.7 Å². The van der Waals surface area contributed by atoms with E-state index in [1.807, 2.05) is 18.2 Å². The lowest BCUT2D eigenvalue weighted by Gasteiger charge is -2.22. The van der Waals surface area contributed by atoms with Crippen molar-refractivity contribution in [1.29, 1.82) is 0 Å². The standard InChI is InChI=1S/C16H19ClN2O3/c17-12-3-1-2-11(8-12)13-9-14(13)18-15(20)19-5-4-16(10-19)21-6-7-22-16/h1-3,8,13-14H,4-7,9-10H2,(H,18,20)/t13-,14+/m0/s1. The molecule has 118 valence electrons. The SMILES string of the molecule is O=C(N[C@@H]1C[C@H]1c1cccc(Cl)c1)N1CCC2(C1)OCCO2. The summed E-state index contributed by atoms with van der Waals surface area (Å²) in [5, 5.41) is 3.85.